The normalized spacial score (nSPS) is 16.8. The minimum atomic E-state index is -3.65. The summed E-state index contributed by atoms with van der Waals surface area (Å²) in [7, 11) is 0. The predicted molar refractivity (Wildman–Crippen MR) is 122 cm³/mol. The van der Waals surface area contributed by atoms with Gasteiger partial charge in [0.25, 0.3) is 0 Å². The Bertz CT molecular complexity index is 504. The molecular weight excluding hydrogens is 715 g/mol. The molecule has 0 unspecified atom stereocenters. The van der Waals surface area contributed by atoms with Gasteiger partial charge >= 0.3 is 0 Å². The second-order valence-corrected chi connectivity index (χ2v) is 16.6. The van der Waals surface area contributed by atoms with Crippen molar-refractivity contribution in [3.8, 4) is 0 Å². The third kappa shape index (κ3) is 4.88. The number of hydrogen-bond acceptors (Lipinski definition) is 0. The summed E-state index contributed by atoms with van der Waals surface area (Å²) in [6.07, 6.45) is 0. The molecule has 0 N–H and O–H groups in total. The Hall–Kier alpha value is 4.89. The summed E-state index contributed by atoms with van der Waals surface area (Å²) in [6, 6.07) is 0. The molecular formula is C8Cl17O. The molecule has 0 bridgehead atoms. The molecule has 0 atom stereocenters. The van der Waals surface area contributed by atoms with E-state index in [1.807, 2.05) is 0 Å². The Balaban J connectivity index is 6.86. The second-order valence-electron chi connectivity index (χ2n) is 4.47. The van der Waals surface area contributed by atoms with Crippen molar-refractivity contribution in [3.63, 3.8) is 0 Å². The lowest BCUT2D eigenvalue weighted by atomic mass is 9.95. The average Bonchev–Trinajstić information content (AvgIpc) is 2.32. The first-order valence-electron chi connectivity index (χ1n) is 5.17. The molecule has 0 aliphatic rings. The molecule has 0 heterocycles. The molecule has 18 heteroatoms. The van der Waals surface area contributed by atoms with E-state index in [0.717, 1.165) is 0 Å². The maximum absolute atomic E-state index is 13.3. The Labute approximate surface area is 233 Å². The van der Waals surface area contributed by atoms with Crippen LogP contribution in [-0.2, 0) is 5.11 Å². The van der Waals surface area contributed by atoms with E-state index >= 15 is 0 Å². The van der Waals surface area contributed by atoms with E-state index < -0.39 is 34.3 Å². The molecule has 157 valence electrons. The van der Waals surface area contributed by atoms with Crippen LogP contribution in [0, 0.1) is 0 Å². The van der Waals surface area contributed by atoms with E-state index in [0.29, 0.717) is 0 Å². The van der Waals surface area contributed by atoms with Gasteiger partial charge in [-0.15, -0.1) is 0 Å². The lowest BCUT2D eigenvalue weighted by molar-refractivity contribution is -0.0426. The van der Waals surface area contributed by atoms with Crippen molar-refractivity contribution in [2.75, 3.05) is 0 Å². The van der Waals surface area contributed by atoms with Gasteiger partial charge in [0, 0.05) is 0 Å². The maximum Gasteiger partial charge on any atom is 0.232 e. The summed E-state index contributed by atoms with van der Waals surface area (Å²) in [5, 5.41) is 13.3. The van der Waals surface area contributed by atoms with Gasteiger partial charge in [-0.1, -0.05) is 197 Å². The Morgan fingerprint density at radius 2 is 0.538 bits per heavy atom. The van der Waals surface area contributed by atoms with Crippen LogP contribution in [0.2, 0.25) is 0 Å². The highest BCUT2D eigenvalue weighted by molar-refractivity contribution is 6.82. The van der Waals surface area contributed by atoms with Gasteiger partial charge in [-0.25, -0.2) is 5.11 Å². The number of alkyl halides is 17. The van der Waals surface area contributed by atoms with Gasteiger partial charge < -0.3 is 0 Å². The molecule has 0 aromatic heterocycles. The predicted octanol–water partition coefficient (Wildman–Crippen LogP) is 9.96. The van der Waals surface area contributed by atoms with Crippen LogP contribution >= 0.6 is 197 Å². The first-order chi connectivity index (χ1) is 10.8. The van der Waals surface area contributed by atoms with Gasteiger partial charge in [-0.05, 0) is 0 Å². The minimum Gasteiger partial charge on any atom is -0.216 e. The summed E-state index contributed by atoms with van der Waals surface area (Å²) in [4.78, 5) is 0. The van der Waals surface area contributed by atoms with Crippen molar-refractivity contribution < 1.29 is 5.11 Å². The molecule has 0 saturated heterocycles. The molecule has 26 heavy (non-hydrogen) atoms. The SMILES string of the molecule is [O]C(C(Cl)(Cl)Cl)(C(Cl)(Cl)Cl)C(Cl)(Cl)C(Cl)(Cl)C(Cl)(Cl)C(Cl)(Cl)C(Cl)(Cl)Cl. The lowest BCUT2D eigenvalue weighted by Crippen LogP contribution is -2.74. The fraction of sp³-hybridized carbons (Fsp3) is 1.00. The number of hydrogen-bond donors (Lipinski definition) is 0. The molecule has 0 rings (SSSR count). The minimum absolute atomic E-state index is 2.66. The van der Waals surface area contributed by atoms with Crippen LogP contribution < -0.4 is 0 Å². The van der Waals surface area contributed by atoms with E-state index in [1.54, 1.807) is 0 Å². The molecule has 0 aromatic rings. The van der Waals surface area contributed by atoms with Crippen molar-refractivity contribution in [2.24, 2.45) is 0 Å². The summed E-state index contributed by atoms with van der Waals surface area (Å²) in [6.45, 7) is 0. The highest BCUT2D eigenvalue weighted by Gasteiger charge is 2.84. The zero-order valence-electron chi connectivity index (χ0n) is 10.8. The third-order valence-electron chi connectivity index (χ3n) is 2.78. The maximum atomic E-state index is 13.3. The van der Waals surface area contributed by atoms with Crippen LogP contribution in [0.1, 0.15) is 0 Å². The van der Waals surface area contributed by atoms with E-state index in [-0.39, 0.29) is 0 Å². The summed E-state index contributed by atoms with van der Waals surface area (Å²) < 4.78 is -21.3. The van der Waals surface area contributed by atoms with Gasteiger partial charge in [-0.2, -0.15) is 0 Å². The van der Waals surface area contributed by atoms with Gasteiger partial charge in [0.15, 0.2) is 13.0 Å². The molecule has 0 aliphatic heterocycles. The van der Waals surface area contributed by atoms with E-state index in [4.69, 9.17) is 197 Å². The number of halogens is 17. The molecule has 0 amide bonds. The summed E-state index contributed by atoms with van der Waals surface area (Å²) in [5.74, 6) is 0. The van der Waals surface area contributed by atoms with Gasteiger partial charge in [0.1, 0.15) is 0 Å². The molecule has 0 aliphatic carbocycles. The topological polar surface area (TPSA) is 19.9 Å². The van der Waals surface area contributed by atoms with Gasteiger partial charge in [-0.3, -0.25) is 0 Å². The Morgan fingerprint density at radius 1 is 0.308 bits per heavy atom. The first kappa shape index (κ1) is 30.9. The van der Waals surface area contributed by atoms with E-state index in [9.17, 15) is 5.11 Å². The van der Waals surface area contributed by atoms with Crippen LogP contribution in [-0.4, -0.2) is 34.3 Å². The van der Waals surface area contributed by atoms with Crippen molar-refractivity contribution in [3.05, 3.63) is 0 Å². The van der Waals surface area contributed by atoms with Crippen LogP contribution in [0.3, 0.4) is 0 Å². The third-order valence-corrected chi connectivity index (χ3v) is 11.5. The van der Waals surface area contributed by atoms with Crippen LogP contribution in [0.5, 0.6) is 0 Å². The smallest absolute Gasteiger partial charge is 0.216 e. The molecule has 0 spiro atoms. The first-order valence-corrected chi connectivity index (χ1v) is 11.6. The molecule has 1 radical (unpaired) electrons. The highest BCUT2D eigenvalue weighted by Crippen LogP contribution is 2.72. The zero-order valence-corrected chi connectivity index (χ0v) is 23.7. The zero-order chi connectivity index (χ0) is 22.0. The van der Waals surface area contributed by atoms with Crippen LogP contribution in [0.15, 0.2) is 0 Å². The van der Waals surface area contributed by atoms with Crippen molar-refractivity contribution in [1.82, 2.24) is 0 Å². The van der Waals surface area contributed by atoms with Crippen molar-refractivity contribution in [1.29, 1.82) is 0 Å². The summed E-state index contributed by atoms with van der Waals surface area (Å²) in [5.41, 5.74) is -3.65. The second kappa shape index (κ2) is 8.92. The fourth-order valence-electron chi connectivity index (χ4n) is 1.31. The average molecular weight is 715 g/mol. The monoisotopic (exact) mass is 706 g/mol. The standard InChI is InChI=1S/C8Cl17O/c9-2(10,1(26,6(17,18)19)7(20,21)22)3(11,12)4(13,14)5(15,16)8(23,24)25. The molecule has 0 fully saturated rings. The molecule has 0 aromatic carbocycles. The van der Waals surface area contributed by atoms with Gasteiger partial charge in [0.2, 0.25) is 21.3 Å². The lowest BCUT2D eigenvalue weighted by Gasteiger charge is -2.54. The van der Waals surface area contributed by atoms with Crippen molar-refractivity contribution in [2.45, 2.75) is 34.3 Å². The van der Waals surface area contributed by atoms with Crippen LogP contribution in [0.4, 0.5) is 0 Å². The Kier molecular flexibility index (Phi) is 10.6. The van der Waals surface area contributed by atoms with E-state index in [2.05, 4.69) is 0 Å². The quantitative estimate of drug-likeness (QED) is 0.259. The molecule has 0 saturated carbocycles. The van der Waals surface area contributed by atoms with E-state index in [1.165, 1.54) is 0 Å². The number of rotatable bonds is 4. The van der Waals surface area contributed by atoms with Gasteiger partial charge in [0.05, 0.1) is 0 Å². The Morgan fingerprint density at radius 3 is 0.731 bits per heavy atom. The highest BCUT2D eigenvalue weighted by atomic mass is 35.6. The van der Waals surface area contributed by atoms with Crippen molar-refractivity contribution >= 4 is 197 Å². The van der Waals surface area contributed by atoms with Crippen LogP contribution in [0.25, 0.3) is 0 Å². The fourth-order valence-corrected chi connectivity index (χ4v) is 7.38. The largest absolute Gasteiger partial charge is 0.232 e. The molecule has 1 nitrogen and oxygen atoms in total. The summed E-state index contributed by atoms with van der Waals surface area (Å²) >= 11 is 98.5.